The number of carbonyl (C=O) groups is 2. The molecule has 2 aromatic carbocycles. The van der Waals surface area contributed by atoms with Crippen LogP contribution in [0.25, 0.3) is 27.9 Å². The van der Waals surface area contributed by atoms with Crippen LogP contribution in [-0.2, 0) is 9.59 Å². The number of benzene rings is 2. The van der Waals surface area contributed by atoms with Crippen molar-refractivity contribution in [3.05, 3.63) is 103 Å². The van der Waals surface area contributed by atoms with Crippen LogP contribution in [0.2, 0.25) is 0 Å². The third-order valence-electron chi connectivity index (χ3n) is 11.0. The fourth-order valence-electron chi connectivity index (χ4n) is 8.40. The summed E-state index contributed by atoms with van der Waals surface area (Å²) in [6.45, 7) is 6.24. The Morgan fingerprint density at radius 3 is 2.54 bits per heavy atom. The first-order valence-corrected chi connectivity index (χ1v) is 18.9. The number of para-hydroxylation sites is 1. The lowest BCUT2D eigenvalue weighted by Crippen LogP contribution is -2.47. The number of rotatable bonds is 10. The molecule has 0 radical (unpaired) electrons. The number of imidazole rings is 1. The highest BCUT2D eigenvalue weighted by atomic mass is 19.1. The molecule has 13 heteroatoms. The maximum Gasteiger partial charge on any atom is 0.228 e. The van der Waals surface area contributed by atoms with Gasteiger partial charge in [0.05, 0.1) is 24.0 Å². The second-order valence-electron chi connectivity index (χ2n) is 14.5. The molecule has 2 N–H and O–H groups in total. The van der Waals surface area contributed by atoms with Crippen LogP contribution in [0.4, 0.5) is 21.8 Å². The molecule has 0 saturated carbocycles. The van der Waals surface area contributed by atoms with Gasteiger partial charge in [-0.25, -0.2) is 18.9 Å². The number of halogens is 1. The van der Waals surface area contributed by atoms with E-state index < -0.39 is 0 Å². The number of carbonyl (C=O) groups excluding carboxylic acids is 2. The van der Waals surface area contributed by atoms with Gasteiger partial charge in [0, 0.05) is 63.0 Å². The van der Waals surface area contributed by atoms with Gasteiger partial charge in [-0.1, -0.05) is 36.4 Å². The van der Waals surface area contributed by atoms with Gasteiger partial charge in [0.2, 0.25) is 11.8 Å². The quantitative estimate of drug-likeness (QED) is 0.133. The number of hydrogen-bond donors (Lipinski definition) is 2. The van der Waals surface area contributed by atoms with Crippen LogP contribution in [0, 0.1) is 5.82 Å². The normalized spacial score (nSPS) is 18.6. The first-order chi connectivity index (χ1) is 26.5. The van der Waals surface area contributed by atoms with E-state index >= 15 is 0 Å². The number of pyridine rings is 1. The molecular formula is C41H43FN10O2. The lowest BCUT2D eigenvalue weighted by Gasteiger charge is -2.35. The molecule has 0 spiro atoms. The second-order valence-corrected chi connectivity index (χ2v) is 14.5. The molecule has 0 aliphatic carbocycles. The molecule has 3 fully saturated rings. The maximum absolute atomic E-state index is 14.1. The molecule has 4 aromatic heterocycles. The second kappa shape index (κ2) is 14.5. The van der Waals surface area contributed by atoms with Crippen LogP contribution in [0.5, 0.6) is 0 Å². The van der Waals surface area contributed by atoms with Crippen molar-refractivity contribution < 1.29 is 14.0 Å². The van der Waals surface area contributed by atoms with Crippen LogP contribution in [0.3, 0.4) is 0 Å². The number of aromatic nitrogens is 5. The van der Waals surface area contributed by atoms with Gasteiger partial charge in [-0.15, -0.1) is 5.10 Å². The summed E-state index contributed by atoms with van der Waals surface area (Å²) in [6.07, 6.45) is 5.34. The van der Waals surface area contributed by atoms with Gasteiger partial charge >= 0.3 is 0 Å². The van der Waals surface area contributed by atoms with Crippen LogP contribution in [-0.4, -0.2) is 86.7 Å². The number of piperidine rings is 1. The van der Waals surface area contributed by atoms with Gasteiger partial charge in [0.25, 0.3) is 0 Å². The van der Waals surface area contributed by atoms with Crippen molar-refractivity contribution in [2.75, 3.05) is 60.9 Å². The average molecular weight is 727 g/mol. The fourth-order valence-corrected chi connectivity index (χ4v) is 8.40. The molecule has 2 amide bonds. The van der Waals surface area contributed by atoms with Crippen molar-refractivity contribution in [2.45, 2.75) is 44.2 Å². The monoisotopic (exact) mass is 726 g/mol. The Balaban J connectivity index is 0.826. The molecule has 1 atom stereocenters. The van der Waals surface area contributed by atoms with E-state index in [-0.39, 0.29) is 42.6 Å². The third kappa shape index (κ3) is 6.75. The van der Waals surface area contributed by atoms with E-state index in [1.807, 2.05) is 59.2 Å². The van der Waals surface area contributed by atoms with Crippen LogP contribution in [0.1, 0.15) is 49.8 Å². The van der Waals surface area contributed by atoms with E-state index in [0.29, 0.717) is 0 Å². The molecule has 3 saturated heterocycles. The van der Waals surface area contributed by atoms with Gasteiger partial charge in [-0.2, -0.15) is 0 Å². The number of anilines is 3. The molecule has 0 unspecified atom stereocenters. The zero-order valence-corrected chi connectivity index (χ0v) is 30.1. The standard InChI is InChI=1S/C41H43FN10O2/c42-30-9-3-8-28(23-30)33-12-5-18-50(33)38-15-14-36-44-27-35(52(36)47-38)32-10-4-13-37(45-32)49-21-19-48(20-22-49)17-6-16-43-39-24-29-7-1-2-11-34(29)51(39)31-25-40(53)46-41(54)26-31/h1-4,7-11,13-15,23-24,27,31,33,43H,5-6,12,16-22,25-26H2,(H,46,53,54)/t33-/m1/s1. The van der Waals surface area contributed by atoms with Crippen molar-refractivity contribution in [1.82, 2.24) is 34.4 Å². The molecule has 9 rings (SSSR count). The summed E-state index contributed by atoms with van der Waals surface area (Å²) in [5.74, 6) is 2.06. The number of imide groups is 1. The number of fused-ring (bicyclic) bond motifs is 2. The lowest BCUT2D eigenvalue weighted by atomic mass is 10.0. The van der Waals surface area contributed by atoms with Gasteiger partial charge in [-0.3, -0.25) is 19.8 Å². The smallest absolute Gasteiger partial charge is 0.228 e. The predicted molar refractivity (Wildman–Crippen MR) is 207 cm³/mol. The largest absolute Gasteiger partial charge is 0.371 e. The van der Waals surface area contributed by atoms with Crippen LogP contribution < -0.4 is 20.4 Å². The highest BCUT2D eigenvalue weighted by Gasteiger charge is 2.30. The highest BCUT2D eigenvalue weighted by molar-refractivity contribution is 5.98. The van der Waals surface area contributed by atoms with E-state index in [2.05, 4.69) is 53.1 Å². The summed E-state index contributed by atoms with van der Waals surface area (Å²) in [5.41, 5.74) is 4.40. The molecule has 12 nitrogen and oxygen atoms in total. The summed E-state index contributed by atoms with van der Waals surface area (Å²) >= 11 is 0. The Morgan fingerprint density at radius 2 is 1.69 bits per heavy atom. The minimum atomic E-state index is -0.224. The molecule has 3 aliphatic heterocycles. The number of hydrogen-bond acceptors (Lipinski definition) is 9. The van der Waals surface area contributed by atoms with Crippen molar-refractivity contribution in [3.8, 4) is 11.4 Å². The number of amides is 2. The molecule has 7 heterocycles. The fraction of sp³-hybridized carbons (Fsp3) is 0.341. The summed E-state index contributed by atoms with van der Waals surface area (Å²) in [5, 5.41) is 12.2. The van der Waals surface area contributed by atoms with Crippen LogP contribution >= 0.6 is 0 Å². The molecule has 0 bridgehead atoms. The van der Waals surface area contributed by atoms with Crippen molar-refractivity contribution in [1.29, 1.82) is 0 Å². The van der Waals surface area contributed by atoms with E-state index in [1.165, 1.54) is 6.07 Å². The minimum absolute atomic E-state index is 0.0761. The summed E-state index contributed by atoms with van der Waals surface area (Å²) in [7, 11) is 0. The molecule has 6 aromatic rings. The Hall–Kier alpha value is -5.82. The molecule has 54 heavy (non-hydrogen) atoms. The SMILES string of the molecule is O=C1CC(n2c(NCCCN3CCN(c4cccc(-c5cnc6ccc(N7CCC[C@@H]7c7cccc(F)c7)nn56)n4)CC3)cc3ccccc32)CC(=O)N1. The molecule has 3 aliphatic rings. The molecule has 276 valence electrons. The van der Waals surface area contributed by atoms with E-state index in [9.17, 15) is 14.0 Å². The Bertz CT molecular complexity index is 2310. The van der Waals surface area contributed by atoms with E-state index in [1.54, 1.807) is 12.1 Å². The number of piperazine rings is 1. The maximum atomic E-state index is 14.1. The zero-order valence-electron chi connectivity index (χ0n) is 30.1. The minimum Gasteiger partial charge on any atom is -0.371 e. The van der Waals surface area contributed by atoms with Crippen LogP contribution in [0.15, 0.2) is 91.1 Å². The first kappa shape index (κ1) is 34.0. The van der Waals surface area contributed by atoms with Gasteiger partial charge in [0.15, 0.2) is 5.65 Å². The predicted octanol–water partition coefficient (Wildman–Crippen LogP) is 5.83. The zero-order chi connectivity index (χ0) is 36.6. The summed E-state index contributed by atoms with van der Waals surface area (Å²) in [6, 6.07) is 27.1. The van der Waals surface area contributed by atoms with Gasteiger partial charge in [0.1, 0.15) is 29.0 Å². The Kier molecular flexibility index (Phi) is 9.15. The van der Waals surface area contributed by atoms with Crippen molar-refractivity contribution in [3.63, 3.8) is 0 Å². The van der Waals surface area contributed by atoms with Crippen molar-refractivity contribution in [2.24, 2.45) is 0 Å². The summed E-state index contributed by atoms with van der Waals surface area (Å²) < 4.78 is 18.1. The van der Waals surface area contributed by atoms with Gasteiger partial charge < -0.3 is 19.7 Å². The van der Waals surface area contributed by atoms with E-state index in [4.69, 9.17) is 10.1 Å². The third-order valence-corrected chi connectivity index (χ3v) is 11.0. The Morgan fingerprint density at radius 1 is 0.852 bits per heavy atom. The topological polar surface area (TPSA) is 116 Å². The first-order valence-electron chi connectivity index (χ1n) is 18.9. The number of nitrogens with one attached hydrogen (secondary N) is 2. The average Bonchev–Trinajstić information content (AvgIpc) is 3.94. The summed E-state index contributed by atoms with van der Waals surface area (Å²) in [4.78, 5) is 41.2. The Labute approximate surface area is 312 Å². The van der Waals surface area contributed by atoms with Crippen molar-refractivity contribution >= 4 is 45.8 Å². The lowest BCUT2D eigenvalue weighted by molar-refractivity contribution is -0.134. The highest BCUT2D eigenvalue weighted by Crippen LogP contribution is 2.36. The number of nitrogens with zero attached hydrogens (tertiary/aromatic N) is 8. The van der Waals surface area contributed by atoms with Gasteiger partial charge in [-0.05, 0) is 79.9 Å². The van der Waals surface area contributed by atoms with E-state index in [0.717, 1.165) is 116 Å². The molecular weight excluding hydrogens is 684 g/mol.